The highest BCUT2D eigenvalue weighted by Crippen LogP contribution is 2.23. The topological polar surface area (TPSA) is 70.7 Å². The van der Waals surface area contributed by atoms with Gasteiger partial charge >= 0.3 is 0 Å². The van der Waals surface area contributed by atoms with Gasteiger partial charge in [-0.05, 0) is 36.4 Å². The summed E-state index contributed by atoms with van der Waals surface area (Å²) in [5.74, 6) is 0.109. The van der Waals surface area contributed by atoms with Crippen molar-refractivity contribution in [2.75, 3.05) is 0 Å². The van der Waals surface area contributed by atoms with E-state index in [9.17, 15) is 9.18 Å². The highest BCUT2D eigenvalue weighted by atomic mass is 32.1. The first-order valence-corrected chi connectivity index (χ1v) is 8.50. The molecule has 0 saturated carbocycles. The Morgan fingerprint density at radius 3 is 2.72 bits per heavy atom. The van der Waals surface area contributed by atoms with Crippen molar-refractivity contribution in [2.24, 2.45) is 0 Å². The number of halogens is 1. The summed E-state index contributed by atoms with van der Waals surface area (Å²) < 4.78 is 13.0. The molecule has 0 unspecified atom stereocenters. The number of imidazole rings is 1. The van der Waals surface area contributed by atoms with Crippen LogP contribution in [-0.2, 0) is 6.54 Å². The Morgan fingerprint density at radius 1 is 1.12 bits per heavy atom. The van der Waals surface area contributed by atoms with Crippen LogP contribution >= 0.6 is 11.3 Å². The number of carbonyl (C=O) groups excluding carboxylic acids is 1. The third-order valence-corrected chi connectivity index (χ3v) is 4.57. The Bertz CT molecular complexity index is 1010. The van der Waals surface area contributed by atoms with Gasteiger partial charge in [-0.15, -0.1) is 11.3 Å². The van der Waals surface area contributed by atoms with Crippen molar-refractivity contribution in [3.8, 4) is 10.6 Å². The molecule has 5 nitrogen and oxygen atoms in total. The van der Waals surface area contributed by atoms with Gasteiger partial charge in [0.15, 0.2) is 0 Å². The maximum absolute atomic E-state index is 13.0. The molecular formula is C18H13FN4OS. The number of amides is 1. The average molecular weight is 352 g/mol. The third kappa shape index (κ3) is 3.27. The molecule has 2 aromatic heterocycles. The molecule has 0 aliphatic rings. The van der Waals surface area contributed by atoms with Gasteiger partial charge in [-0.3, -0.25) is 4.79 Å². The molecule has 0 radical (unpaired) electrons. The zero-order valence-corrected chi connectivity index (χ0v) is 13.8. The van der Waals surface area contributed by atoms with Crippen LogP contribution < -0.4 is 5.32 Å². The van der Waals surface area contributed by atoms with E-state index in [-0.39, 0.29) is 18.3 Å². The zero-order chi connectivity index (χ0) is 17.2. The van der Waals surface area contributed by atoms with Gasteiger partial charge in [-0.2, -0.15) is 0 Å². The molecule has 2 heterocycles. The highest BCUT2D eigenvalue weighted by molar-refractivity contribution is 7.13. The third-order valence-electron chi connectivity index (χ3n) is 3.68. The molecule has 0 aliphatic carbocycles. The lowest BCUT2D eigenvalue weighted by atomic mass is 10.2. The number of aromatic nitrogens is 3. The monoisotopic (exact) mass is 352 g/mol. The molecule has 0 bridgehead atoms. The van der Waals surface area contributed by atoms with E-state index in [1.165, 1.54) is 23.5 Å². The quantitative estimate of drug-likeness (QED) is 0.587. The van der Waals surface area contributed by atoms with Gasteiger partial charge in [0.1, 0.15) is 22.3 Å². The Hall–Kier alpha value is -3.06. The number of thiazole rings is 1. The molecule has 2 aromatic carbocycles. The van der Waals surface area contributed by atoms with E-state index in [2.05, 4.69) is 20.3 Å². The van der Waals surface area contributed by atoms with Crippen LogP contribution in [0.3, 0.4) is 0 Å². The minimum absolute atomic E-state index is 0.273. The molecule has 0 aliphatic heterocycles. The van der Waals surface area contributed by atoms with Crippen molar-refractivity contribution in [1.29, 1.82) is 0 Å². The molecule has 2 N–H and O–H groups in total. The van der Waals surface area contributed by atoms with Gasteiger partial charge in [0.25, 0.3) is 5.91 Å². The second-order valence-corrected chi connectivity index (χ2v) is 6.29. The summed E-state index contributed by atoms with van der Waals surface area (Å²) in [4.78, 5) is 24.2. The van der Waals surface area contributed by atoms with Crippen molar-refractivity contribution >= 4 is 28.3 Å². The number of hydrogen-bond acceptors (Lipinski definition) is 4. The number of rotatable bonds is 4. The lowest BCUT2D eigenvalue weighted by Gasteiger charge is -2.00. The molecule has 1 amide bonds. The molecular weight excluding hydrogens is 339 g/mol. The van der Waals surface area contributed by atoms with E-state index in [1.807, 2.05) is 24.3 Å². The van der Waals surface area contributed by atoms with E-state index < -0.39 is 0 Å². The first kappa shape index (κ1) is 15.5. The predicted octanol–water partition coefficient (Wildman–Crippen LogP) is 3.76. The van der Waals surface area contributed by atoms with Crippen molar-refractivity contribution in [1.82, 2.24) is 20.3 Å². The molecule has 0 atom stereocenters. The van der Waals surface area contributed by atoms with Crippen LogP contribution in [0.25, 0.3) is 21.6 Å². The number of aromatic amines is 1. The Morgan fingerprint density at radius 2 is 1.92 bits per heavy atom. The molecule has 7 heteroatoms. The second-order valence-electron chi connectivity index (χ2n) is 5.43. The predicted molar refractivity (Wildman–Crippen MR) is 94.8 cm³/mol. The van der Waals surface area contributed by atoms with Gasteiger partial charge in [0.05, 0.1) is 17.6 Å². The summed E-state index contributed by atoms with van der Waals surface area (Å²) in [5.41, 5.74) is 2.90. The number of fused-ring (bicyclic) bond motifs is 1. The fourth-order valence-corrected chi connectivity index (χ4v) is 3.25. The molecule has 25 heavy (non-hydrogen) atoms. The smallest absolute Gasteiger partial charge is 0.271 e. The standard InChI is InChI=1S/C18H13FN4OS/c19-12-7-5-11(6-8-12)18-23-15(10-25-18)17(24)20-9-16-21-13-3-1-2-4-14(13)22-16/h1-8,10H,9H2,(H,20,24)(H,21,22). The molecule has 124 valence electrons. The van der Waals surface area contributed by atoms with Crippen LogP contribution in [0.15, 0.2) is 53.9 Å². The molecule has 4 aromatic rings. The van der Waals surface area contributed by atoms with E-state index >= 15 is 0 Å². The van der Waals surface area contributed by atoms with Crippen LogP contribution in [0.2, 0.25) is 0 Å². The summed E-state index contributed by atoms with van der Waals surface area (Å²) in [5, 5.41) is 5.16. The molecule has 0 fully saturated rings. The first-order chi connectivity index (χ1) is 12.2. The largest absolute Gasteiger partial charge is 0.343 e. The lowest BCUT2D eigenvalue weighted by molar-refractivity contribution is 0.0946. The number of H-pyrrole nitrogens is 1. The van der Waals surface area contributed by atoms with Crippen molar-refractivity contribution < 1.29 is 9.18 Å². The SMILES string of the molecule is O=C(NCc1nc2ccccc2[nH]1)c1csc(-c2ccc(F)cc2)n1. The zero-order valence-electron chi connectivity index (χ0n) is 13.0. The van der Waals surface area contributed by atoms with Crippen LogP contribution in [0.4, 0.5) is 4.39 Å². The normalized spacial score (nSPS) is 10.9. The average Bonchev–Trinajstić information content (AvgIpc) is 3.27. The number of nitrogens with one attached hydrogen (secondary N) is 2. The van der Waals surface area contributed by atoms with E-state index in [0.29, 0.717) is 16.5 Å². The minimum atomic E-state index is -0.302. The minimum Gasteiger partial charge on any atom is -0.343 e. The summed E-state index contributed by atoms with van der Waals surface area (Å²) in [7, 11) is 0. The fraction of sp³-hybridized carbons (Fsp3) is 0.0556. The number of benzene rings is 2. The van der Waals surface area contributed by atoms with Crippen LogP contribution in [0, 0.1) is 5.82 Å². The maximum atomic E-state index is 13.0. The Kier molecular flexibility index (Phi) is 3.99. The Balaban J connectivity index is 1.45. The second kappa shape index (κ2) is 6.45. The summed E-state index contributed by atoms with van der Waals surface area (Å²) in [6.45, 7) is 0.289. The van der Waals surface area contributed by atoms with Gasteiger partial charge < -0.3 is 10.3 Å². The molecule has 4 rings (SSSR count). The maximum Gasteiger partial charge on any atom is 0.271 e. The van der Waals surface area contributed by atoms with Crippen molar-refractivity contribution in [3.05, 3.63) is 71.2 Å². The summed E-state index contributed by atoms with van der Waals surface area (Å²) in [6, 6.07) is 13.7. The first-order valence-electron chi connectivity index (χ1n) is 7.62. The number of carbonyl (C=O) groups is 1. The van der Waals surface area contributed by atoms with Gasteiger partial charge in [0.2, 0.25) is 0 Å². The van der Waals surface area contributed by atoms with E-state index in [1.54, 1.807) is 17.5 Å². The van der Waals surface area contributed by atoms with Crippen LogP contribution in [-0.4, -0.2) is 20.9 Å². The Labute approximate surface area is 146 Å². The fourth-order valence-electron chi connectivity index (χ4n) is 2.45. The summed E-state index contributed by atoms with van der Waals surface area (Å²) >= 11 is 1.34. The van der Waals surface area contributed by atoms with Crippen LogP contribution in [0.1, 0.15) is 16.3 Å². The molecule has 0 spiro atoms. The van der Waals surface area contributed by atoms with Crippen molar-refractivity contribution in [3.63, 3.8) is 0 Å². The van der Waals surface area contributed by atoms with Gasteiger partial charge in [-0.25, -0.2) is 14.4 Å². The van der Waals surface area contributed by atoms with Gasteiger partial charge in [0, 0.05) is 10.9 Å². The van der Waals surface area contributed by atoms with E-state index in [0.717, 1.165) is 16.6 Å². The number of hydrogen-bond donors (Lipinski definition) is 2. The van der Waals surface area contributed by atoms with Crippen LogP contribution in [0.5, 0.6) is 0 Å². The summed E-state index contributed by atoms with van der Waals surface area (Å²) in [6.07, 6.45) is 0. The van der Waals surface area contributed by atoms with E-state index in [4.69, 9.17) is 0 Å². The van der Waals surface area contributed by atoms with Crippen molar-refractivity contribution in [2.45, 2.75) is 6.54 Å². The number of nitrogens with zero attached hydrogens (tertiary/aromatic N) is 2. The lowest BCUT2D eigenvalue weighted by Crippen LogP contribution is -2.23. The number of para-hydroxylation sites is 2. The highest BCUT2D eigenvalue weighted by Gasteiger charge is 2.12. The van der Waals surface area contributed by atoms with Gasteiger partial charge in [-0.1, -0.05) is 12.1 Å². The molecule has 0 saturated heterocycles.